The molecule has 5 rings (SSSR count). The zero-order valence-corrected chi connectivity index (χ0v) is 26.9. The van der Waals surface area contributed by atoms with Gasteiger partial charge in [-0.3, -0.25) is 9.59 Å². The van der Waals surface area contributed by atoms with Gasteiger partial charge in [0.05, 0.1) is 5.56 Å². The molecule has 1 aliphatic rings. The number of allylic oxidation sites excluding steroid dienone is 5. The number of rotatable bonds is 9. The van der Waals surface area contributed by atoms with Gasteiger partial charge in [0, 0.05) is 34.9 Å². The molecular formula is C40H38O8. The van der Waals surface area contributed by atoms with Gasteiger partial charge in [-0.2, -0.15) is 0 Å². The largest absolute Gasteiger partial charge is 0.508 e. The van der Waals surface area contributed by atoms with Crippen LogP contribution in [0.5, 0.6) is 34.5 Å². The van der Waals surface area contributed by atoms with Crippen LogP contribution >= 0.6 is 0 Å². The number of carbonyl (C=O) groups excluding carboxylic acids is 2. The fourth-order valence-electron chi connectivity index (χ4n) is 6.34. The van der Waals surface area contributed by atoms with Gasteiger partial charge in [0.1, 0.15) is 34.5 Å². The second-order valence-corrected chi connectivity index (χ2v) is 12.5. The van der Waals surface area contributed by atoms with Gasteiger partial charge in [-0.15, -0.1) is 0 Å². The van der Waals surface area contributed by atoms with Crippen molar-refractivity contribution in [3.05, 3.63) is 136 Å². The summed E-state index contributed by atoms with van der Waals surface area (Å²) in [6.45, 7) is 5.71. The molecule has 48 heavy (non-hydrogen) atoms. The van der Waals surface area contributed by atoms with Crippen LogP contribution in [0.25, 0.3) is 6.08 Å². The van der Waals surface area contributed by atoms with Gasteiger partial charge in [0.2, 0.25) is 0 Å². The van der Waals surface area contributed by atoms with Crippen LogP contribution in [0.4, 0.5) is 0 Å². The predicted molar refractivity (Wildman–Crippen MR) is 184 cm³/mol. The minimum Gasteiger partial charge on any atom is -0.508 e. The van der Waals surface area contributed by atoms with E-state index >= 15 is 0 Å². The highest BCUT2D eigenvalue weighted by Crippen LogP contribution is 2.52. The van der Waals surface area contributed by atoms with Crippen molar-refractivity contribution < 1.29 is 40.2 Å². The average Bonchev–Trinajstić information content (AvgIpc) is 3.03. The molecule has 0 amide bonds. The van der Waals surface area contributed by atoms with Gasteiger partial charge in [0.25, 0.3) is 0 Å². The minimum atomic E-state index is -0.986. The molecule has 4 aromatic rings. The van der Waals surface area contributed by atoms with Crippen LogP contribution in [0, 0.1) is 5.92 Å². The standard InChI is InChI=1S/C40H38O8/c1-22(2)4-8-25-20-26(9-16-33(25)43)39(47)37-31(29-13-12-28(42)21-36(29)46)18-23(3)19-32(37)38-35(45)17-14-30(40(38)48)34(44)15-7-24-5-10-27(41)11-6-24/h4-7,9-17,19-21,31-32,37,41-43,45-46,48H,8,18H2,1-3H3/b15-7+. The van der Waals surface area contributed by atoms with E-state index in [1.54, 1.807) is 30.3 Å². The van der Waals surface area contributed by atoms with Gasteiger partial charge in [-0.1, -0.05) is 47.6 Å². The fourth-order valence-corrected chi connectivity index (χ4v) is 6.34. The van der Waals surface area contributed by atoms with Gasteiger partial charge in [-0.05, 0) is 105 Å². The lowest BCUT2D eigenvalue weighted by molar-refractivity contribution is 0.0879. The van der Waals surface area contributed by atoms with Crippen molar-refractivity contribution in [2.45, 2.75) is 45.4 Å². The highest BCUT2D eigenvalue weighted by molar-refractivity contribution is 6.09. The summed E-state index contributed by atoms with van der Waals surface area (Å²) in [7, 11) is 0. The predicted octanol–water partition coefficient (Wildman–Crippen LogP) is 8.04. The number of phenols is 6. The SMILES string of the molecule is CC(C)=CCc1cc(C(=O)C2C(c3c(O)ccc(C(=O)/C=C/c4ccc(O)cc4)c3O)C=C(C)CC2c2ccc(O)cc2O)ccc1O. The third-order valence-electron chi connectivity index (χ3n) is 8.75. The second-order valence-electron chi connectivity index (χ2n) is 12.5. The maximum Gasteiger partial charge on any atom is 0.189 e. The van der Waals surface area contributed by atoms with Gasteiger partial charge < -0.3 is 30.6 Å². The van der Waals surface area contributed by atoms with Crippen LogP contribution < -0.4 is 0 Å². The van der Waals surface area contributed by atoms with E-state index in [9.17, 15) is 40.2 Å². The first-order chi connectivity index (χ1) is 22.8. The molecule has 1 aliphatic carbocycles. The lowest BCUT2D eigenvalue weighted by Gasteiger charge is -2.37. The summed E-state index contributed by atoms with van der Waals surface area (Å²) in [5.74, 6) is -4.52. The molecule has 3 unspecified atom stereocenters. The van der Waals surface area contributed by atoms with Gasteiger partial charge in [-0.25, -0.2) is 0 Å². The number of hydrogen-bond acceptors (Lipinski definition) is 8. The van der Waals surface area contributed by atoms with E-state index in [0.29, 0.717) is 35.1 Å². The average molecular weight is 647 g/mol. The summed E-state index contributed by atoms with van der Waals surface area (Å²) < 4.78 is 0. The van der Waals surface area contributed by atoms with Crippen molar-refractivity contribution in [1.82, 2.24) is 0 Å². The van der Waals surface area contributed by atoms with Crippen LogP contribution in [0.15, 0.2) is 102 Å². The minimum absolute atomic E-state index is 0.0110. The lowest BCUT2D eigenvalue weighted by atomic mass is 9.65. The lowest BCUT2D eigenvalue weighted by Crippen LogP contribution is -2.31. The molecule has 0 saturated heterocycles. The zero-order valence-electron chi connectivity index (χ0n) is 26.9. The topological polar surface area (TPSA) is 156 Å². The number of Topliss-reactive ketones (excluding diaryl/α,β-unsaturated/α-hetero) is 1. The Labute approximate surface area is 278 Å². The Kier molecular flexibility index (Phi) is 9.75. The van der Waals surface area contributed by atoms with Crippen LogP contribution in [-0.4, -0.2) is 42.2 Å². The molecule has 4 aromatic carbocycles. The van der Waals surface area contributed by atoms with Crippen LogP contribution in [-0.2, 0) is 6.42 Å². The van der Waals surface area contributed by atoms with E-state index in [-0.39, 0.29) is 45.7 Å². The van der Waals surface area contributed by atoms with Crippen molar-refractivity contribution in [2.24, 2.45) is 5.92 Å². The van der Waals surface area contributed by atoms with E-state index in [0.717, 1.165) is 11.1 Å². The molecule has 0 bridgehead atoms. The Morgan fingerprint density at radius 1 is 0.792 bits per heavy atom. The van der Waals surface area contributed by atoms with Crippen molar-refractivity contribution in [1.29, 1.82) is 0 Å². The Morgan fingerprint density at radius 2 is 1.48 bits per heavy atom. The third-order valence-corrected chi connectivity index (χ3v) is 8.75. The maximum absolute atomic E-state index is 14.7. The number of ketones is 2. The Morgan fingerprint density at radius 3 is 2.17 bits per heavy atom. The molecule has 8 heteroatoms. The summed E-state index contributed by atoms with van der Waals surface area (Å²) in [5, 5.41) is 63.9. The van der Waals surface area contributed by atoms with Gasteiger partial charge in [0.15, 0.2) is 11.6 Å². The quantitative estimate of drug-likeness (QED) is 0.0606. The second kappa shape index (κ2) is 13.9. The normalized spacial score (nSPS) is 17.6. The molecule has 246 valence electrons. The van der Waals surface area contributed by atoms with Crippen LogP contribution in [0.3, 0.4) is 0 Å². The molecule has 0 heterocycles. The monoisotopic (exact) mass is 646 g/mol. The molecular weight excluding hydrogens is 608 g/mol. The number of benzene rings is 4. The fraction of sp³-hybridized carbons (Fsp3) is 0.200. The molecule has 0 aromatic heterocycles. The van der Waals surface area contributed by atoms with E-state index in [1.165, 1.54) is 60.7 Å². The van der Waals surface area contributed by atoms with Crippen molar-refractivity contribution in [2.75, 3.05) is 0 Å². The first-order valence-corrected chi connectivity index (χ1v) is 15.6. The summed E-state index contributed by atoms with van der Waals surface area (Å²) in [5.41, 5.74) is 3.64. The van der Waals surface area contributed by atoms with Gasteiger partial charge >= 0.3 is 0 Å². The molecule has 6 N–H and O–H groups in total. The highest BCUT2D eigenvalue weighted by atomic mass is 16.3. The molecule has 3 atom stereocenters. The summed E-state index contributed by atoms with van der Waals surface area (Å²) in [6, 6.07) is 17.6. The number of phenolic OH excluding ortho intramolecular Hbond substituents is 6. The molecule has 0 radical (unpaired) electrons. The first kappa shape index (κ1) is 33.6. The van der Waals surface area contributed by atoms with E-state index in [2.05, 4.69) is 0 Å². The molecule has 0 aliphatic heterocycles. The Hall–Kier alpha value is -5.76. The van der Waals surface area contributed by atoms with Crippen molar-refractivity contribution in [3.63, 3.8) is 0 Å². The third kappa shape index (κ3) is 7.13. The molecule has 8 nitrogen and oxygen atoms in total. The zero-order chi connectivity index (χ0) is 34.7. The van der Waals surface area contributed by atoms with Crippen molar-refractivity contribution >= 4 is 17.6 Å². The van der Waals surface area contributed by atoms with E-state index in [1.807, 2.05) is 26.8 Å². The Balaban J connectivity index is 1.64. The smallest absolute Gasteiger partial charge is 0.189 e. The number of aromatic hydroxyl groups is 6. The highest BCUT2D eigenvalue weighted by Gasteiger charge is 2.43. The molecule has 0 spiro atoms. The summed E-state index contributed by atoms with van der Waals surface area (Å²) >= 11 is 0. The molecule has 0 saturated carbocycles. The number of hydrogen-bond donors (Lipinski definition) is 6. The van der Waals surface area contributed by atoms with E-state index in [4.69, 9.17) is 0 Å². The van der Waals surface area contributed by atoms with Crippen molar-refractivity contribution in [3.8, 4) is 34.5 Å². The van der Waals surface area contributed by atoms with E-state index < -0.39 is 29.3 Å². The summed E-state index contributed by atoms with van der Waals surface area (Å²) in [6.07, 6.45) is 7.28. The number of carbonyl (C=O) groups is 2. The summed E-state index contributed by atoms with van der Waals surface area (Å²) in [4.78, 5) is 28.0. The van der Waals surface area contributed by atoms with Crippen LogP contribution in [0.1, 0.15) is 82.0 Å². The van der Waals surface area contributed by atoms with Crippen LogP contribution in [0.2, 0.25) is 0 Å². The Bertz CT molecular complexity index is 1960. The maximum atomic E-state index is 14.7. The first-order valence-electron chi connectivity index (χ1n) is 15.6. The molecule has 0 fully saturated rings.